The summed E-state index contributed by atoms with van der Waals surface area (Å²) in [5.41, 5.74) is 9.97. The number of thiophene rings is 1. The minimum absolute atomic E-state index is 0.154. The number of aromatic nitrogens is 2. The van der Waals surface area contributed by atoms with Gasteiger partial charge in [0.05, 0.1) is 23.7 Å². The molecule has 10 heteroatoms. The molecule has 2 N–H and O–H groups in total. The smallest absolute Gasteiger partial charge is 0.225 e. The quantitative estimate of drug-likeness (QED) is 0.204. The van der Waals surface area contributed by atoms with Crippen molar-refractivity contribution in [1.29, 1.82) is 5.26 Å². The summed E-state index contributed by atoms with van der Waals surface area (Å²) in [4.78, 5) is 14.0. The molecule has 1 fully saturated rings. The Morgan fingerprint density at radius 3 is 2.55 bits per heavy atom. The zero-order valence-electron chi connectivity index (χ0n) is 29.1. The number of nitriles is 1. The predicted molar refractivity (Wildman–Crippen MR) is 191 cm³/mol. The van der Waals surface area contributed by atoms with E-state index in [0.29, 0.717) is 52.5 Å². The standard InChI is InChI=1S/C28H29F2N5OS.C9H21N/c1-5-15(4)21(23-16(9-31)27(32)37-26(23)20(29)6-2)22-19-13-36-12-18(19)17-10-33-28(34-25(17)24(22)30)35-8-7-14(3)11-35;1-4-6-7-9-10(3)8-5-2/h6,10,14H,5,7-8,11-13,32H2,1-4H3;4-9H2,1-3H3/b20-6+,21-15+;. The van der Waals surface area contributed by atoms with Crippen molar-refractivity contribution in [1.82, 2.24) is 14.9 Å². The van der Waals surface area contributed by atoms with Crippen LogP contribution >= 0.6 is 11.3 Å². The maximum Gasteiger partial charge on any atom is 0.225 e. The average Bonchev–Trinajstić information content (AvgIpc) is 3.81. The lowest BCUT2D eigenvalue weighted by atomic mass is 9.85. The maximum atomic E-state index is 16.7. The highest BCUT2D eigenvalue weighted by Gasteiger charge is 2.33. The highest BCUT2D eigenvalue weighted by molar-refractivity contribution is 7.17. The van der Waals surface area contributed by atoms with Crippen LogP contribution in [0.3, 0.4) is 0 Å². The fourth-order valence-corrected chi connectivity index (χ4v) is 7.38. The third-order valence-electron chi connectivity index (χ3n) is 9.12. The Balaban J connectivity index is 0.000000434. The first-order chi connectivity index (χ1) is 22.6. The fourth-order valence-electron chi connectivity index (χ4n) is 6.39. The van der Waals surface area contributed by atoms with Gasteiger partial charge in [0.25, 0.3) is 0 Å². The molecule has 2 aliphatic rings. The molecule has 0 radical (unpaired) electrons. The van der Waals surface area contributed by atoms with E-state index in [1.54, 1.807) is 13.1 Å². The van der Waals surface area contributed by atoms with Gasteiger partial charge in [0, 0.05) is 35.8 Å². The molecular weight excluding hydrogens is 615 g/mol. The molecule has 7 nitrogen and oxygen atoms in total. The fraction of sp³-hybridized carbons (Fsp3) is 0.541. The number of fused-ring (bicyclic) bond motifs is 3. The van der Waals surface area contributed by atoms with E-state index < -0.39 is 11.6 Å². The molecule has 4 heterocycles. The average molecular weight is 665 g/mol. The van der Waals surface area contributed by atoms with Crippen LogP contribution in [0.25, 0.3) is 22.3 Å². The number of hydrogen-bond acceptors (Lipinski definition) is 8. The lowest BCUT2D eigenvalue weighted by Gasteiger charge is -2.20. The second kappa shape index (κ2) is 16.6. The summed E-state index contributed by atoms with van der Waals surface area (Å²) in [6.45, 7) is 16.7. The van der Waals surface area contributed by atoms with Gasteiger partial charge in [-0.05, 0) is 82.3 Å². The third-order valence-corrected chi connectivity index (χ3v) is 10.1. The van der Waals surface area contributed by atoms with Crippen LogP contribution in [0.4, 0.5) is 19.7 Å². The van der Waals surface area contributed by atoms with E-state index in [2.05, 4.69) is 48.7 Å². The molecule has 2 aromatic heterocycles. The summed E-state index contributed by atoms with van der Waals surface area (Å²) in [5, 5.41) is 10.8. The molecule has 254 valence electrons. The lowest BCUT2D eigenvalue weighted by Crippen LogP contribution is -2.21. The summed E-state index contributed by atoms with van der Waals surface area (Å²) >= 11 is 1.00. The van der Waals surface area contributed by atoms with E-state index in [-0.39, 0.29) is 27.6 Å². The van der Waals surface area contributed by atoms with Crippen molar-refractivity contribution in [2.75, 3.05) is 43.9 Å². The maximum absolute atomic E-state index is 16.7. The second-order valence-corrected chi connectivity index (χ2v) is 13.8. The first-order valence-corrected chi connectivity index (χ1v) is 17.8. The predicted octanol–water partition coefficient (Wildman–Crippen LogP) is 9.24. The van der Waals surface area contributed by atoms with E-state index in [0.717, 1.165) is 42.0 Å². The molecule has 1 saturated heterocycles. The number of ether oxygens (including phenoxy) is 1. The second-order valence-electron chi connectivity index (χ2n) is 12.7. The zero-order chi connectivity index (χ0) is 34.2. The molecule has 5 rings (SSSR count). The first kappa shape index (κ1) is 36.4. The van der Waals surface area contributed by atoms with Crippen LogP contribution in [-0.4, -0.2) is 48.1 Å². The number of benzene rings is 1. The van der Waals surface area contributed by atoms with Crippen molar-refractivity contribution in [3.05, 3.63) is 56.4 Å². The van der Waals surface area contributed by atoms with Gasteiger partial charge in [0.2, 0.25) is 5.95 Å². The summed E-state index contributed by atoms with van der Waals surface area (Å²) in [6.07, 6.45) is 9.98. The Morgan fingerprint density at radius 1 is 1.19 bits per heavy atom. The first-order valence-electron chi connectivity index (χ1n) is 17.0. The number of nitrogen functional groups attached to an aromatic ring is 1. The number of nitrogens with two attached hydrogens (primary N) is 1. The van der Waals surface area contributed by atoms with Crippen molar-refractivity contribution < 1.29 is 13.5 Å². The van der Waals surface area contributed by atoms with Crippen molar-refractivity contribution in [3.8, 4) is 6.07 Å². The summed E-state index contributed by atoms with van der Waals surface area (Å²) in [6, 6.07) is 2.14. The van der Waals surface area contributed by atoms with Crippen LogP contribution in [0, 0.1) is 23.1 Å². The molecule has 1 atom stereocenters. The van der Waals surface area contributed by atoms with Gasteiger partial charge in [-0.1, -0.05) is 52.2 Å². The third kappa shape index (κ3) is 7.85. The Labute approximate surface area is 283 Å². The molecule has 1 unspecified atom stereocenters. The SMILES string of the molecule is C/C=C(/F)c1sc(N)c(C#N)c1/C(=C(\C)CC)c1c2c(c3cnc(N4CCC(C)C4)nc3c1F)COC2.CCCCCN(C)CCC. The van der Waals surface area contributed by atoms with Crippen molar-refractivity contribution in [2.24, 2.45) is 5.92 Å². The minimum atomic E-state index is -0.515. The molecule has 1 aromatic carbocycles. The van der Waals surface area contributed by atoms with Gasteiger partial charge in [-0.2, -0.15) is 5.26 Å². The highest BCUT2D eigenvalue weighted by atomic mass is 32.1. The number of anilines is 2. The van der Waals surface area contributed by atoms with E-state index in [9.17, 15) is 5.26 Å². The molecule has 3 aromatic rings. The van der Waals surface area contributed by atoms with Gasteiger partial charge in [0.1, 0.15) is 22.4 Å². The molecular formula is C37H50F2N6OS. The topological polar surface area (TPSA) is 91.3 Å². The summed E-state index contributed by atoms with van der Waals surface area (Å²) in [5.74, 6) is -0.00499. The van der Waals surface area contributed by atoms with Crippen LogP contribution in [-0.2, 0) is 18.0 Å². The summed E-state index contributed by atoms with van der Waals surface area (Å²) in [7, 11) is 2.21. The van der Waals surface area contributed by atoms with Gasteiger partial charge in [-0.25, -0.2) is 18.7 Å². The highest BCUT2D eigenvalue weighted by Crippen LogP contribution is 2.47. The molecule has 2 aliphatic heterocycles. The van der Waals surface area contributed by atoms with Gasteiger partial charge in [-0.15, -0.1) is 11.3 Å². The largest absolute Gasteiger partial charge is 0.389 e. The van der Waals surface area contributed by atoms with E-state index >= 15 is 8.78 Å². The monoisotopic (exact) mass is 664 g/mol. The van der Waals surface area contributed by atoms with Crippen molar-refractivity contribution in [2.45, 2.75) is 93.3 Å². The van der Waals surface area contributed by atoms with Crippen LogP contribution < -0.4 is 10.6 Å². The molecule has 0 bridgehead atoms. The van der Waals surface area contributed by atoms with Gasteiger partial charge in [0.15, 0.2) is 5.82 Å². The normalized spacial score (nSPS) is 16.7. The number of nitrogens with zero attached hydrogens (tertiary/aromatic N) is 5. The van der Waals surface area contributed by atoms with Gasteiger partial charge < -0.3 is 20.3 Å². The lowest BCUT2D eigenvalue weighted by molar-refractivity contribution is 0.134. The zero-order valence-corrected chi connectivity index (χ0v) is 29.9. The Bertz CT molecular complexity index is 1670. The van der Waals surface area contributed by atoms with Crippen LogP contribution in [0.1, 0.15) is 113 Å². The number of hydrogen-bond donors (Lipinski definition) is 1. The van der Waals surface area contributed by atoms with E-state index in [1.807, 2.05) is 13.8 Å². The van der Waals surface area contributed by atoms with Crippen LogP contribution in [0.5, 0.6) is 0 Å². The Morgan fingerprint density at radius 2 is 1.94 bits per heavy atom. The molecule has 0 aliphatic carbocycles. The van der Waals surface area contributed by atoms with Crippen molar-refractivity contribution >= 4 is 44.6 Å². The Hall–Kier alpha value is -3.39. The Kier molecular flexibility index (Phi) is 12.9. The van der Waals surface area contributed by atoms with Gasteiger partial charge in [-0.3, -0.25) is 0 Å². The van der Waals surface area contributed by atoms with Gasteiger partial charge >= 0.3 is 0 Å². The number of unbranched alkanes of at least 4 members (excludes halogenated alkanes) is 2. The molecule has 47 heavy (non-hydrogen) atoms. The summed E-state index contributed by atoms with van der Waals surface area (Å²) < 4.78 is 37.7. The van der Waals surface area contributed by atoms with Crippen molar-refractivity contribution in [3.63, 3.8) is 0 Å². The van der Waals surface area contributed by atoms with E-state index in [1.165, 1.54) is 44.8 Å². The number of rotatable bonds is 11. The molecule has 0 saturated carbocycles. The molecule has 0 amide bonds. The minimum Gasteiger partial charge on any atom is -0.389 e. The molecule has 0 spiro atoms. The number of allylic oxidation sites excluding steroid dienone is 2. The number of halogens is 2. The van der Waals surface area contributed by atoms with Crippen LogP contribution in [0.15, 0.2) is 17.8 Å². The van der Waals surface area contributed by atoms with E-state index in [4.69, 9.17) is 15.5 Å². The van der Waals surface area contributed by atoms with Crippen LogP contribution in [0.2, 0.25) is 0 Å².